The van der Waals surface area contributed by atoms with E-state index in [-0.39, 0.29) is 11.8 Å². The molecule has 0 saturated carbocycles. The van der Waals surface area contributed by atoms with Crippen LogP contribution < -0.4 is 5.32 Å². The van der Waals surface area contributed by atoms with Gasteiger partial charge in [0.25, 0.3) is 0 Å². The van der Waals surface area contributed by atoms with E-state index in [4.69, 9.17) is 0 Å². The Labute approximate surface area is 104 Å². The average Bonchev–Trinajstić information content (AvgIpc) is 2.25. The van der Waals surface area contributed by atoms with E-state index in [0.717, 1.165) is 13.0 Å². The second kappa shape index (κ2) is 5.65. The van der Waals surface area contributed by atoms with Crippen molar-refractivity contribution in [2.45, 2.75) is 44.5 Å². The monoisotopic (exact) mass is 264 g/mol. The van der Waals surface area contributed by atoms with Gasteiger partial charge in [-0.05, 0) is 33.2 Å². The second-order valence-electron chi connectivity index (χ2n) is 5.25. The maximum absolute atomic E-state index is 12.4. The molecule has 5 nitrogen and oxygen atoms in total. The zero-order valence-electron chi connectivity index (χ0n) is 10.9. The van der Waals surface area contributed by atoms with Gasteiger partial charge in [-0.25, -0.2) is 8.42 Å². The lowest BCUT2D eigenvalue weighted by atomic mass is 10.1. The van der Waals surface area contributed by atoms with E-state index < -0.39 is 15.6 Å². The minimum Gasteiger partial charge on any atom is -0.389 e. The maximum Gasteiger partial charge on any atom is 0.218 e. The highest BCUT2D eigenvalue weighted by atomic mass is 32.2. The Morgan fingerprint density at radius 3 is 2.53 bits per heavy atom. The van der Waals surface area contributed by atoms with E-state index >= 15 is 0 Å². The van der Waals surface area contributed by atoms with Crippen molar-refractivity contribution in [3.05, 3.63) is 0 Å². The zero-order chi connectivity index (χ0) is 13.1. The van der Waals surface area contributed by atoms with Crippen LogP contribution in [0.15, 0.2) is 0 Å². The Balaban J connectivity index is 2.78. The van der Waals surface area contributed by atoms with E-state index in [1.54, 1.807) is 20.8 Å². The third kappa shape index (κ3) is 4.21. The summed E-state index contributed by atoms with van der Waals surface area (Å²) in [4.78, 5) is 0. The number of nitrogens with one attached hydrogen (secondary N) is 1. The van der Waals surface area contributed by atoms with Crippen molar-refractivity contribution < 1.29 is 13.5 Å². The van der Waals surface area contributed by atoms with Crippen molar-refractivity contribution in [3.8, 4) is 0 Å². The van der Waals surface area contributed by atoms with Gasteiger partial charge >= 0.3 is 0 Å². The summed E-state index contributed by atoms with van der Waals surface area (Å²) >= 11 is 0. The molecule has 0 radical (unpaired) electrons. The number of nitrogens with zero attached hydrogens (tertiary/aromatic N) is 1. The van der Waals surface area contributed by atoms with Gasteiger partial charge in [-0.2, -0.15) is 4.31 Å². The predicted octanol–water partition coefficient (Wildman–Crippen LogP) is 0.161. The summed E-state index contributed by atoms with van der Waals surface area (Å²) in [6.07, 6.45) is 1.60. The first-order valence-corrected chi connectivity index (χ1v) is 7.70. The van der Waals surface area contributed by atoms with Crippen LogP contribution in [0, 0.1) is 0 Å². The molecular weight excluding hydrogens is 240 g/mol. The Bertz CT molecular complexity index is 329. The standard InChI is InChI=1S/C11H24N2O3S/c1-4-13(9-11(2,3)14)17(15,16)10-6-5-7-12-8-10/h10,12,14H,4-9H2,1-3H3. The van der Waals surface area contributed by atoms with Gasteiger partial charge in [-0.3, -0.25) is 0 Å². The van der Waals surface area contributed by atoms with Gasteiger partial charge in [-0.1, -0.05) is 6.92 Å². The van der Waals surface area contributed by atoms with Gasteiger partial charge in [-0.15, -0.1) is 0 Å². The topological polar surface area (TPSA) is 69.6 Å². The molecule has 1 heterocycles. The molecule has 0 amide bonds. The van der Waals surface area contributed by atoms with Gasteiger partial charge in [0.15, 0.2) is 0 Å². The number of likely N-dealkylation sites (N-methyl/N-ethyl adjacent to an activating group) is 1. The summed E-state index contributed by atoms with van der Waals surface area (Å²) in [7, 11) is -3.30. The Kier molecular flexibility index (Phi) is 4.95. The lowest BCUT2D eigenvalue weighted by molar-refractivity contribution is 0.0598. The second-order valence-corrected chi connectivity index (χ2v) is 7.46. The first-order valence-electron chi connectivity index (χ1n) is 6.19. The molecule has 0 aromatic heterocycles. The molecule has 1 atom stereocenters. The molecular formula is C11H24N2O3S. The molecule has 0 aromatic rings. The van der Waals surface area contributed by atoms with Gasteiger partial charge in [0.05, 0.1) is 10.9 Å². The molecule has 102 valence electrons. The number of piperidine rings is 1. The molecule has 17 heavy (non-hydrogen) atoms. The highest BCUT2D eigenvalue weighted by Crippen LogP contribution is 2.18. The molecule has 0 spiro atoms. The molecule has 1 saturated heterocycles. The first kappa shape index (κ1) is 14.9. The summed E-state index contributed by atoms with van der Waals surface area (Å²) in [6, 6.07) is 0. The molecule has 1 unspecified atom stereocenters. The molecule has 1 fully saturated rings. The van der Waals surface area contributed by atoms with Crippen molar-refractivity contribution in [3.63, 3.8) is 0 Å². The minimum absolute atomic E-state index is 0.155. The fraction of sp³-hybridized carbons (Fsp3) is 1.00. The number of hydrogen-bond acceptors (Lipinski definition) is 4. The lowest BCUT2D eigenvalue weighted by Gasteiger charge is -2.32. The van der Waals surface area contributed by atoms with Crippen molar-refractivity contribution >= 4 is 10.0 Å². The minimum atomic E-state index is -3.30. The summed E-state index contributed by atoms with van der Waals surface area (Å²) < 4.78 is 26.1. The van der Waals surface area contributed by atoms with Gasteiger partial charge < -0.3 is 10.4 Å². The highest BCUT2D eigenvalue weighted by Gasteiger charge is 2.34. The third-order valence-electron chi connectivity index (χ3n) is 2.95. The van der Waals surface area contributed by atoms with Crippen molar-refractivity contribution in [2.24, 2.45) is 0 Å². The Morgan fingerprint density at radius 2 is 2.12 bits per heavy atom. The lowest BCUT2D eigenvalue weighted by Crippen LogP contribution is -2.49. The molecule has 1 aliphatic rings. The highest BCUT2D eigenvalue weighted by molar-refractivity contribution is 7.89. The number of aliphatic hydroxyl groups is 1. The number of rotatable bonds is 5. The van der Waals surface area contributed by atoms with Crippen LogP contribution in [0.25, 0.3) is 0 Å². The fourth-order valence-electron chi connectivity index (χ4n) is 2.10. The summed E-state index contributed by atoms with van der Waals surface area (Å²) in [5.74, 6) is 0. The van der Waals surface area contributed by atoms with Crippen LogP contribution in [0.1, 0.15) is 33.6 Å². The Hall–Kier alpha value is -0.170. The SMILES string of the molecule is CCN(CC(C)(C)O)S(=O)(=O)C1CCCNC1. The normalized spacial score (nSPS) is 23.0. The molecule has 1 rings (SSSR count). The Morgan fingerprint density at radius 1 is 1.47 bits per heavy atom. The van der Waals surface area contributed by atoms with Crippen LogP contribution in [0.5, 0.6) is 0 Å². The molecule has 0 aliphatic carbocycles. The van der Waals surface area contributed by atoms with Crippen LogP contribution in [-0.2, 0) is 10.0 Å². The summed E-state index contributed by atoms with van der Waals surface area (Å²) in [5.41, 5.74) is -0.995. The number of sulfonamides is 1. The van der Waals surface area contributed by atoms with E-state index in [1.807, 2.05) is 0 Å². The first-order chi connectivity index (χ1) is 7.77. The van der Waals surface area contributed by atoms with E-state index in [9.17, 15) is 13.5 Å². The predicted molar refractivity (Wildman–Crippen MR) is 68.4 cm³/mol. The molecule has 6 heteroatoms. The molecule has 2 N–H and O–H groups in total. The van der Waals surface area contributed by atoms with Crippen molar-refractivity contribution in [1.82, 2.24) is 9.62 Å². The van der Waals surface area contributed by atoms with Crippen LogP contribution in [-0.4, -0.2) is 54.9 Å². The average molecular weight is 264 g/mol. The largest absolute Gasteiger partial charge is 0.389 e. The molecule has 1 aliphatic heterocycles. The fourth-order valence-corrected chi connectivity index (χ4v) is 4.17. The zero-order valence-corrected chi connectivity index (χ0v) is 11.8. The van der Waals surface area contributed by atoms with Gasteiger partial charge in [0.1, 0.15) is 0 Å². The van der Waals surface area contributed by atoms with Crippen LogP contribution in [0.3, 0.4) is 0 Å². The van der Waals surface area contributed by atoms with E-state index in [2.05, 4.69) is 5.32 Å². The van der Waals surface area contributed by atoms with Gasteiger partial charge in [0.2, 0.25) is 10.0 Å². The maximum atomic E-state index is 12.4. The summed E-state index contributed by atoms with van der Waals surface area (Å²) in [5, 5.41) is 12.5. The summed E-state index contributed by atoms with van der Waals surface area (Å²) in [6.45, 7) is 7.04. The van der Waals surface area contributed by atoms with Crippen LogP contribution >= 0.6 is 0 Å². The smallest absolute Gasteiger partial charge is 0.218 e. The quantitative estimate of drug-likeness (QED) is 0.742. The number of hydrogen-bond donors (Lipinski definition) is 2. The van der Waals surface area contributed by atoms with Crippen LogP contribution in [0.2, 0.25) is 0 Å². The van der Waals surface area contributed by atoms with Gasteiger partial charge in [0, 0.05) is 19.6 Å². The van der Waals surface area contributed by atoms with Crippen molar-refractivity contribution in [1.29, 1.82) is 0 Å². The van der Waals surface area contributed by atoms with E-state index in [0.29, 0.717) is 19.5 Å². The van der Waals surface area contributed by atoms with E-state index in [1.165, 1.54) is 4.31 Å². The van der Waals surface area contributed by atoms with Crippen LogP contribution in [0.4, 0.5) is 0 Å². The molecule has 0 bridgehead atoms. The van der Waals surface area contributed by atoms with Crippen molar-refractivity contribution in [2.75, 3.05) is 26.2 Å². The molecule has 0 aromatic carbocycles. The third-order valence-corrected chi connectivity index (χ3v) is 5.30.